The van der Waals surface area contributed by atoms with E-state index in [4.69, 9.17) is 5.73 Å². The van der Waals surface area contributed by atoms with Gasteiger partial charge in [-0.1, -0.05) is 6.08 Å². The zero-order chi connectivity index (χ0) is 9.97. The van der Waals surface area contributed by atoms with Crippen molar-refractivity contribution in [1.82, 2.24) is 4.90 Å². The maximum absolute atomic E-state index is 5.93. The van der Waals surface area contributed by atoms with Gasteiger partial charge < -0.3 is 5.73 Å². The van der Waals surface area contributed by atoms with Crippen LogP contribution in [0.3, 0.4) is 0 Å². The first-order valence-electron chi connectivity index (χ1n) is 5.90. The van der Waals surface area contributed by atoms with Crippen molar-refractivity contribution in [1.29, 1.82) is 0 Å². The zero-order valence-corrected chi connectivity index (χ0v) is 8.99. The number of nitrogens with two attached hydrogens (primary N) is 1. The van der Waals surface area contributed by atoms with Gasteiger partial charge >= 0.3 is 0 Å². The van der Waals surface area contributed by atoms with Gasteiger partial charge in [-0.05, 0) is 38.0 Å². The second-order valence-corrected chi connectivity index (χ2v) is 4.91. The highest BCUT2D eigenvalue weighted by Crippen LogP contribution is 2.31. The fourth-order valence-electron chi connectivity index (χ4n) is 2.59. The summed E-state index contributed by atoms with van der Waals surface area (Å²) in [4.78, 5) is 2.59. The minimum absolute atomic E-state index is 0.477. The Labute approximate surface area is 87.2 Å². The third-order valence-corrected chi connectivity index (χ3v) is 3.50. The Hall–Kier alpha value is -0.340. The van der Waals surface area contributed by atoms with Gasteiger partial charge in [0.2, 0.25) is 0 Å². The molecule has 2 nitrogen and oxygen atoms in total. The van der Waals surface area contributed by atoms with E-state index in [0.29, 0.717) is 6.04 Å². The molecule has 2 unspecified atom stereocenters. The number of hydrogen-bond acceptors (Lipinski definition) is 2. The van der Waals surface area contributed by atoms with Gasteiger partial charge in [0.1, 0.15) is 0 Å². The summed E-state index contributed by atoms with van der Waals surface area (Å²) in [7, 11) is 0. The molecular formula is C12H22N2. The quantitative estimate of drug-likeness (QED) is 0.676. The topological polar surface area (TPSA) is 29.3 Å². The molecule has 2 aliphatic rings. The van der Waals surface area contributed by atoms with Crippen LogP contribution in [0.2, 0.25) is 0 Å². The van der Waals surface area contributed by atoms with E-state index in [0.717, 1.165) is 18.5 Å². The number of nitrogens with zero attached hydrogens (tertiary/aromatic N) is 1. The Morgan fingerprint density at radius 3 is 2.57 bits per heavy atom. The Balaban J connectivity index is 1.78. The minimum atomic E-state index is 0.477. The van der Waals surface area contributed by atoms with E-state index in [9.17, 15) is 0 Å². The van der Waals surface area contributed by atoms with E-state index >= 15 is 0 Å². The Morgan fingerprint density at radius 1 is 1.29 bits per heavy atom. The third-order valence-electron chi connectivity index (χ3n) is 3.50. The first-order chi connectivity index (χ1) is 6.79. The van der Waals surface area contributed by atoms with Gasteiger partial charge in [-0.25, -0.2) is 0 Å². The maximum atomic E-state index is 5.93. The predicted molar refractivity (Wildman–Crippen MR) is 60.1 cm³/mol. The van der Waals surface area contributed by atoms with E-state index in [1.807, 2.05) is 6.08 Å². The molecule has 2 aliphatic carbocycles. The first-order valence-corrected chi connectivity index (χ1v) is 5.90. The second-order valence-electron chi connectivity index (χ2n) is 4.91. The average molecular weight is 194 g/mol. The molecule has 14 heavy (non-hydrogen) atoms. The molecule has 2 N–H and O–H groups in total. The first kappa shape index (κ1) is 10.2. The Kier molecular flexibility index (Phi) is 3.24. The summed E-state index contributed by atoms with van der Waals surface area (Å²) in [6.07, 6.45) is 8.63. The number of rotatable bonds is 5. The van der Waals surface area contributed by atoms with Gasteiger partial charge in [0.25, 0.3) is 0 Å². The van der Waals surface area contributed by atoms with Crippen LogP contribution >= 0.6 is 0 Å². The highest BCUT2D eigenvalue weighted by molar-refractivity contribution is 4.90. The predicted octanol–water partition coefficient (Wildman–Crippen LogP) is 1.76. The van der Waals surface area contributed by atoms with Crippen LogP contribution < -0.4 is 5.73 Å². The summed E-state index contributed by atoms with van der Waals surface area (Å²) < 4.78 is 0. The van der Waals surface area contributed by atoms with Crippen LogP contribution in [0.25, 0.3) is 0 Å². The van der Waals surface area contributed by atoms with Crippen LogP contribution in [0, 0.1) is 5.92 Å². The minimum Gasteiger partial charge on any atom is -0.328 e. The lowest BCUT2D eigenvalue weighted by atomic mass is 10.1. The maximum Gasteiger partial charge on any atom is 0.0163 e. The zero-order valence-electron chi connectivity index (χ0n) is 8.99. The third kappa shape index (κ3) is 2.58. The van der Waals surface area contributed by atoms with Gasteiger partial charge in [-0.2, -0.15) is 0 Å². The van der Waals surface area contributed by atoms with Gasteiger partial charge in [0.05, 0.1) is 0 Å². The normalized spacial score (nSPS) is 32.4. The summed E-state index contributed by atoms with van der Waals surface area (Å²) >= 11 is 0. The Bertz CT molecular complexity index is 198. The molecular weight excluding hydrogens is 172 g/mol. The van der Waals surface area contributed by atoms with Crippen molar-refractivity contribution in [3.63, 3.8) is 0 Å². The lowest BCUT2D eigenvalue weighted by molar-refractivity contribution is 0.243. The summed E-state index contributed by atoms with van der Waals surface area (Å²) in [5.41, 5.74) is 5.93. The average Bonchev–Trinajstić information content (AvgIpc) is 2.91. The molecule has 0 saturated heterocycles. The van der Waals surface area contributed by atoms with Crippen LogP contribution in [-0.2, 0) is 0 Å². The molecule has 0 radical (unpaired) electrons. The standard InChI is InChI=1S/C12H22N2/c1-2-7-14(12-5-6-12)9-10-3-4-11(13)8-10/h2,10-12H,1,3-9,13H2. The smallest absolute Gasteiger partial charge is 0.0163 e. The van der Waals surface area contributed by atoms with Crippen molar-refractivity contribution in [3.8, 4) is 0 Å². The van der Waals surface area contributed by atoms with Crippen LogP contribution in [0.15, 0.2) is 12.7 Å². The molecule has 0 amide bonds. The number of hydrogen-bond donors (Lipinski definition) is 1. The van der Waals surface area contributed by atoms with Crippen molar-refractivity contribution < 1.29 is 0 Å². The SMILES string of the molecule is C=CCN(CC1CCC(N)C1)C1CC1. The van der Waals surface area contributed by atoms with Crippen molar-refractivity contribution in [2.75, 3.05) is 13.1 Å². The van der Waals surface area contributed by atoms with E-state index in [1.54, 1.807) is 0 Å². The molecule has 0 spiro atoms. The van der Waals surface area contributed by atoms with Gasteiger partial charge in [0.15, 0.2) is 0 Å². The lowest BCUT2D eigenvalue weighted by Gasteiger charge is -2.23. The molecule has 0 aromatic carbocycles. The molecule has 0 aliphatic heterocycles. The summed E-state index contributed by atoms with van der Waals surface area (Å²) in [5.74, 6) is 0.852. The molecule has 0 bridgehead atoms. The summed E-state index contributed by atoms with van der Waals surface area (Å²) in [5, 5.41) is 0. The van der Waals surface area contributed by atoms with Crippen LogP contribution in [-0.4, -0.2) is 30.1 Å². The van der Waals surface area contributed by atoms with Gasteiger partial charge in [-0.3, -0.25) is 4.90 Å². The highest BCUT2D eigenvalue weighted by atomic mass is 15.2. The highest BCUT2D eigenvalue weighted by Gasteiger charge is 2.31. The molecule has 0 heterocycles. The van der Waals surface area contributed by atoms with Gasteiger partial charge in [0, 0.05) is 25.2 Å². The van der Waals surface area contributed by atoms with Crippen molar-refractivity contribution in [2.45, 2.75) is 44.2 Å². The fourth-order valence-corrected chi connectivity index (χ4v) is 2.59. The molecule has 2 heteroatoms. The van der Waals surface area contributed by atoms with Crippen molar-refractivity contribution >= 4 is 0 Å². The largest absolute Gasteiger partial charge is 0.328 e. The summed E-state index contributed by atoms with van der Waals surface area (Å²) in [6.45, 7) is 6.15. The fraction of sp³-hybridized carbons (Fsp3) is 0.833. The van der Waals surface area contributed by atoms with Crippen LogP contribution in [0.1, 0.15) is 32.1 Å². The summed E-state index contributed by atoms with van der Waals surface area (Å²) in [6, 6.07) is 1.34. The van der Waals surface area contributed by atoms with Crippen LogP contribution in [0.5, 0.6) is 0 Å². The van der Waals surface area contributed by atoms with Crippen molar-refractivity contribution in [2.24, 2.45) is 11.7 Å². The molecule has 2 fully saturated rings. The monoisotopic (exact) mass is 194 g/mol. The molecule has 0 aromatic heterocycles. The van der Waals surface area contributed by atoms with E-state index in [1.165, 1.54) is 38.6 Å². The van der Waals surface area contributed by atoms with E-state index in [-0.39, 0.29) is 0 Å². The van der Waals surface area contributed by atoms with Crippen molar-refractivity contribution in [3.05, 3.63) is 12.7 Å². The molecule has 2 saturated carbocycles. The molecule has 2 rings (SSSR count). The lowest BCUT2D eigenvalue weighted by Crippen LogP contribution is -2.31. The molecule has 2 atom stereocenters. The second kappa shape index (κ2) is 4.45. The van der Waals surface area contributed by atoms with Gasteiger partial charge in [-0.15, -0.1) is 6.58 Å². The molecule has 0 aromatic rings. The van der Waals surface area contributed by atoms with E-state index < -0.39 is 0 Å². The van der Waals surface area contributed by atoms with E-state index in [2.05, 4.69) is 11.5 Å². The Morgan fingerprint density at radius 2 is 2.07 bits per heavy atom. The van der Waals surface area contributed by atoms with Crippen LogP contribution in [0.4, 0.5) is 0 Å². The molecule has 80 valence electrons.